The number of hydrogen-bond donors (Lipinski definition) is 4. The molecule has 149 heavy (non-hydrogen) atoms. The monoisotopic (exact) mass is 2110 g/mol. The molecule has 7 aromatic carbocycles. The fourth-order valence-corrected chi connectivity index (χ4v) is 17.0. The fourth-order valence-electron chi connectivity index (χ4n) is 17.0. The van der Waals surface area contributed by atoms with Gasteiger partial charge in [0.05, 0.1) is 27.8 Å². The number of alkyl halides is 15. The second-order valence-electron chi connectivity index (χ2n) is 41.6. The Kier molecular flexibility index (Phi) is 51.3. The lowest BCUT2D eigenvalue weighted by Gasteiger charge is -2.34. The van der Waals surface area contributed by atoms with Crippen molar-refractivity contribution in [3.8, 4) is 0 Å². The molecule has 0 spiro atoms. The van der Waals surface area contributed by atoms with Crippen LogP contribution in [0, 0.1) is 31.6 Å². The zero-order valence-electron chi connectivity index (χ0n) is 90.9. The molecular formula is C113H159F15N14O7. The van der Waals surface area contributed by atoms with Crippen molar-refractivity contribution in [2.75, 3.05) is 159 Å². The Morgan fingerprint density at radius 2 is 0.544 bits per heavy atom. The van der Waals surface area contributed by atoms with Crippen LogP contribution in [0.25, 0.3) is 0 Å². The molecule has 0 aliphatic carbocycles. The van der Waals surface area contributed by atoms with Crippen molar-refractivity contribution >= 4 is 41.0 Å². The summed E-state index contributed by atoms with van der Waals surface area (Å²) in [6.45, 7) is 51.4. The summed E-state index contributed by atoms with van der Waals surface area (Å²) in [5.41, 5.74) is 3.00. The van der Waals surface area contributed by atoms with Gasteiger partial charge in [-0.2, -0.15) is 65.9 Å². The summed E-state index contributed by atoms with van der Waals surface area (Å²) in [6.07, 6.45) is -20.6. The van der Waals surface area contributed by atoms with Crippen molar-refractivity contribution in [2.24, 2.45) is 17.8 Å². The van der Waals surface area contributed by atoms with E-state index in [1.165, 1.54) is 54.1 Å². The van der Waals surface area contributed by atoms with E-state index in [4.69, 9.17) is 0 Å². The molecule has 5 aliphatic heterocycles. The van der Waals surface area contributed by atoms with Crippen molar-refractivity contribution in [2.45, 2.75) is 244 Å². The first-order chi connectivity index (χ1) is 69.5. The third-order valence-electron chi connectivity index (χ3n) is 26.1. The number of rotatable bonds is 30. The molecule has 0 saturated carbocycles. The number of aryl methyl sites for hydroxylation is 2. The van der Waals surface area contributed by atoms with Crippen LogP contribution >= 0.6 is 0 Å². The Morgan fingerprint density at radius 3 is 0.792 bits per heavy atom. The smallest absolute Gasteiger partial charge is 0.350 e. The molecule has 1 atom stereocenters. The van der Waals surface area contributed by atoms with Crippen LogP contribution in [0.2, 0.25) is 0 Å². The largest absolute Gasteiger partial charge is 0.416 e. The Bertz CT molecular complexity index is 5380. The van der Waals surface area contributed by atoms with Gasteiger partial charge in [0.25, 0.3) is 23.6 Å². The van der Waals surface area contributed by atoms with E-state index in [0.717, 1.165) is 184 Å². The van der Waals surface area contributed by atoms with E-state index in [9.17, 15) is 99.4 Å². The van der Waals surface area contributed by atoms with E-state index in [1.807, 2.05) is 132 Å². The molecule has 5 heterocycles. The Hall–Kier alpha value is -10.0. The number of hydrogen-bond acceptors (Lipinski definition) is 17. The molecule has 21 nitrogen and oxygen atoms in total. The lowest BCUT2D eigenvalue weighted by Crippen LogP contribution is -2.45. The first kappa shape index (κ1) is 128. The van der Waals surface area contributed by atoms with Gasteiger partial charge in [0.1, 0.15) is 17.3 Å². The summed E-state index contributed by atoms with van der Waals surface area (Å²) in [5, 5.41) is 10.7. The van der Waals surface area contributed by atoms with Crippen LogP contribution in [0.1, 0.15) is 242 Å². The number of nitrogens with zero attached hydrogens (tertiary/aromatic N) is 10. The summed E-state index contributed by atoms with van der Waals surface area (Å²) < 4.78 is 202. The maximum Gasteiger partial charge on any atom is 0.416 e. The number of ketones is 3. The molecule has 5 saturated heterocycles. The fraction of sp³-hybridized carbons (Fsp3) is 0.566. The molecule has 0 aromatic heterocycles. The van der Waals surface area contributed by atoms with Crippen LogP contribution in [0.3, 0.4) is 0 Å². The van der Waals surface area contributed by atoms with Gasteiger partial charge in [0, 0.05) is 240 Å². The van der Waals surface area contributed by atoms with E-state index >= 15 is 0 Å². The minimum absolute atomic E-state index is 0.00120. The average Bonchev–Trinajstić information content (AvgIpc) is 1.61. The topological polar surface area (TPSA) is 200 Å². The maximum atomic E-state index is 13.5. The number of carbonyl (C=O) groups is 7. The van der Waals surface area contributed by atoms with E-state index in [0.29, 0.717) is 42.5 Å². The summed E-state index contributed by atoms with van der Waals surface area (Å²) in [5.74, 6) is -1.45. The van der Waals surface area contributed by atoms with Crippen molar-refractivity contribution in [1.29, 1.82) is 0 Å². The summed E-state index contributed by atoms with van der Waals surface area (Å²) in [4.78, 5) is 104. The highest BCUT2D eigenvalue weighted by Crippen LogP contribution is 2.40. The second kappa shape index (κ2) is 59.9. The molecule has 36 heteroatoms. The van der Waals surface area contributed by atoms with Crippen LogP contribution in [-0.4, -0.2) is 279 Å². The third kappa shape index (κ3) is 45.0. The van der Waals surface area contributed by atoms with E-state index in [1.54, 1.807) is 81.4 Å². The highest BCUT2D eigenvalue weighted by molar-refractivity contribution is 5.96. The van der Waals surface area contributed by atoms with Gasteiger partial charge < -0.3 is 45.8 Å². The van der Waals surface area contributed by atoms with Gasteiger partial charge in [-0.15, -0.1) is 0 Å². The number of piperazine rings is 4. The zero-order chi connectivity index (χ0) is 112. The second-order valence-corrected chi connectivity index (χ2v) is 41.6. The van der Waals surface area contributed by atoms with Crippen LogP contribution in [0.4, 0.5) is 65.9 Å². The van der Waals surface area contributed by atoms with Gasteiger partial charge in [-0.1, -0.05) is 145 Å². The predicted molar refractivity (Wildman–Crippen MR) is 558 cm³/mol. The highest BCUT2D eigenvalue weighted by Gasteiger charge is 2.41. The standard InChI is InChI=1S/C19H27F3N2O.2C18H26F3N3O.C18H25F3N2O.C17H24F3N3O.C12H16O.C11H15NO/c1-4-23-7-9-24(10-8-23)13-16-6-5-15(12-18(25)14(2)3)11-17(16)19(20,21)22;1-12(2)22-17(25)13-5-6-14(16(9-13)18(19,20)21)10-24-8-7-15(11-24)23(3)4;1-4-23-7-9-24(10-8-23)12-15-6-5-14(17(25)22-13(2)3)11-16(15)18(19,20)21;1-13(2)17(24)11-14-4-5-15(16(10-14)18(19,20)21)12-23-8-6-22(3)7-9-23;1-12(2)21-16(24)13-4-5-14(15(10-13)17(18,19)20)11-23-8-6-22(3)7-9-23;1-9(2)12(13)8-11-6-4-5-10(3)7-11;1-8(2)12-11(13)10-6-4-5-9(3)7-10/h5-6,11,14H,4,7-10,12-13H2,1-3H3;5-6,9,12,15H,7-8,10-11H2,1-4H3,(H,22,25);5-6,11,13H,4,7-10,12H2,1-3H3,(H,22,25);4-5,10,13H,6-9,11-12H2,1-3H3;4-5,10,12H,6-9,11H2,1-3H3,(H,21,24);4-7,9H,8H2,1-3H3;4-8H,1-3H3,(H,12,13)/t;15-;;;;;/m.0...../s1. The lowest BCUT2D eigenvalue weighted by atomic mass is 9.96. The van der Waals surface area contributed by atoms with Crippen LogP contribution in [0.15, 0.2) is 140 Å². The van der Waals surface area contributed by atoms with Crippen LogP contribution in [-0.2, 0) is 97.3 Å². The third-order valence-corrected chi connectivity index (χ3v) is 26.1. The van der Waals surface area contributed by atoms with Crippen molar-refractivity contribution in [3.63, 3.8) is 0 Å². The van der Waals surface area contributed by atoms with E-state index < -0.39 is 76.4 Å². The Morgan fingerprint density at radius 1 is 0.302 bits per heavy atom. The number of benzene rings is 7. The maximum absolute atomic E-state index is 13.5. The first-order valence-electron chi connectivity index (χ1n) is 51.5. The number of amides is 4. The molecule has 12 rings (SSSR count). The van der Waals surface area contributed by atoms with Gasteiger partial charge in [-0.05, 0) is 222 Å². The molecule has 4 amide bonds. The van der Waals surface area contributed by atoms with Crippen molar-refractivity contribution in [1.82, 2.24) is 70.3 Å². The Labute approximate surface area is 872 Å². The minimum atomic E-state index is -4.48. The highest BCUT2D eigenvalue weighted by atomic mass is 19.4. The molecular weight excluding hydrogens is 1950 g/mol. The molecule has 5 aliphatic rings. The number of Topliss-reactive ketones (excluding diaryl/α,β-unsaturated/α-hetero) is 3. The van der Waals surface area contributed by atoms with Crippen molar-refractivity contribution in [3.05, 3.63) is 245 Å². The van der Waals surface area contributed by atoms with E-state index in [2.05, 4.69) is 70.6 Å². The van der Waals surface area contributed by atoms with Crippen LogP contribution in [0.5, 0.6) is 0 Å². The lowest BCUT2D eigenvalue weighted by molar-refractivity contribution is -0.139. The van der Waals surface area contributed by atoms with Gasteiger partial charge >= 0.3 is 30.9 Å². The number of likely N-dealkylation sites (tertiary alicyclic amines) is 1. The normalized spacial score (nSPS) is 16.3. The molecule has 828 valence electrons. The van der Waals surface area contributed by atoms with E-state index in [-0.39, 0.29) is 136 Å². The van der Waals surface area contributed by atoms with Crippen LogP contribution < -0.4 is 21.3 Å². The first-order valence-corrected chi connectivity index (χ1v) is 51.5. The molecule has 4 N–H and O–H groups in total. The average molecular weight is 2110 g/mol. The van der Waals surface area contributed by atoms with Gasteiger partial charge in [0.15, 0.2) is 0 Å². The minimum Gasteiger partial charge on any atom is -0.350 e. The molecule has 7 aromatic rings. The Balaban J connectivity index is 0.000000268. The zero-order valence-corrected chi connectivity index (χ0v) is 90.9. The quantitative estimate of drug-likeness (QED) is 0.0310. The summed E-state index contributed by atoms with van der Waals surface area (Å²) in [6, 6.07) is 36.2. The summed E-state index contributed by atoms with van der Waals surface area (Å²) in [7, 11) is 7.98. The number of halogens is 15. The van der Waals surface area contributed by atoms with Gasteiger partial charge in [0.2, 0.25) is 0 Å². The van der Waals surface area contributed by atoms with Gasteiger partial charge in [-0.3, -0.25) is 58.1 Å². The molecule has 0 radical (unpaired) electrons. The molecule has 0 bridgehead atoms. The predicted octanol–water partition coefficient (Wildman–Crippen LogP) is 20.3. The SMILES string of the molecule is CC(C)C(=O)Cc1ccc(CN2CCN(C)CC2)c(C(F)(F)F)c1.CC(C)NC(=O)c1ccc(CN2CCN(C)CC2)c(C(F)(F)F)c1.CC(C)NC(=O)c1ccc(CN2CC[C@H](N(C)C)C2)c(C(F)(F)F)c1.CCN1CCN(Cc2ccc(C(=O)NC(C)C)cc2C(F)(F)F)CC1.CCN1CCN(Cc2ccc(CC(=O)C(C)C)cc2C(F)(F)F)CC1.Cc1cccc(C(=O)NC(C)C)c1.Cc1cccc(CC(=O)C(C)C)c1. The van der Waals surface area contributed by atoms with Gasteiger partial charge in [-0.25, -0.2) is 0 Å². The molecule has 5 fully saturated rings. The number of carbonyl (C=O) groups excluding carboxylic acids is 7. The molecule has 0 unspecified atom stereocenters. The number of nitrogens with one attached hydrogen (secondary N) is 4. The van der Waals surface area contributed by atoms with Crippen molar-refractivity contribution < 1.29 is 99.4 Å². The number of likely N-dealkylation sites (N-methyl/N-ethyl adjacent to an activating group) is 5. The summed E-state index contributed by atoms with van der Waals surface area (Å²) >= 11 is 0.